The summed E-state index contributed by atoms with van der Waals surface area (Å²) in [6.45, 7) is 1.51. The lowest BCUT2D eigenvalue weighted by atomic mass is 10.1. The summed E-state index contributed by atoms with van der Waals surface area (Å²) in [7, 11) is 2.00. The first-order chi connectivity index (χ1) is 6.77. The first kappa shape index (κ1) is 9.44. The van der Waals surface area contributed by atoms with Gasteiger partial charge in [-0.1, -0.05) is 6.07 Å². The molecule has 2 rings (SSSR count). The van der Waals surface area contributed by atoms with Gasteiger partial charge < -0.3 is 0 Å². The van der Waals surface area contributed by atoms with Crippen LogP contribution in [0.15, 0.2) is 24.4 Å². The molecule has 3 heteroatoms. The maximum Gasteiger partial charge on any atom is 0.276 e. The Labute approximate surface area is 84.0 Å². The van der Waals surface area contributed by atoms with Gasteiger partial charge in [0.1, 0.15) is 12.7 Å². The fraction of sp³-hybridized carbons (Fsp3) is 0.545. The zero-order valence-electron chi connectivity index (χ0n) is 8.49. The van der Waals surface area contributed by atoms with Gasteiger partial charge in [-0.05, 0) is 18.9 Å². The number of anilines is 1. The van der Waals surface area contributed by atoms with Crippen LogP contribution in [0, 0.1) is 0 Å². The molecular formula is C11H16FN2+. The largest absolute Gasteiger partial charge is 0.276 e. The number of aryl methyl sites for hydroxylation is 1. The molecule has 0 N–H and O–H groups in total. The van der Waals surface area contributed by atoms with Crippen molar-refractivity contribution in [1.29, 1.82) is 0 Å². The van der Waals surface area contributed by atoms with E-state index in [1.165, 1.54) is 0 Å². The Morgan fingerprint density at radius 2 is 2.36 bits per heavy atom. The number of aromatic nitrogens is 1. The maximum atomic E-state index is 13.2. The molecule has 1 atom stereocenters. The Morgan fingerprint density at radius 3 is 3.07 bits per heavy atom. The van der Waals surface area contributed by atoms with E-state index in [4.69, 9.17) is 0 Å². The Kier molecular flexibility index (Phi) is 2.66. The monoisotopic (exact) mass is 195 g/mol. The number of halogens is 1. The van der Waals surface area contributed by atoms with Crippen molar-refractivity contribution in [1.82, 2.24) is 0 Å². The van der Waals surface area contributed by atoms with Crippen LogP contribution in [0.5, 0.6) is 0 Å². The maximum absolute atomic E-state index is 13.2. The highest BCUT2D eigenvalue weighted by molar-refractivity contribution is 5.33. The van der Waals surface area contributed by atoms with Crippen molar-refractivity contribution >= 4 is 5.82 Å². The summed E-state index contributed by atoms with van der Waals surface area (Å²) >= 11 is 0. The summed E-state index contributed by atoms with van der Waals surface area (Å²) in [6.07, 6.45) is 3.00. The lowest BCUT2D eigenvalue weighted by Gasteiger charge is -2.24. The minimum atomic E-state index is -0.663. The summed E-state index contributed by atoms with van der Waals surface area (Å²) in [4.78, 5) is 2.12. The molecule has 76 valence electrons. The average Bonchev–Trinajstić information content (AvgIpc) is 2.18. The third kappa shape index (κ3) is 1.86. The van der Waals surface area contributed by atoms with Gasteiger partial charge >= 0.3 is 0 Å². The predicted molar refractivity (Wildman–Crippen MR) is 54.0 cm³/mol. The topological polar surface area (TPSA) is 7.12 Å². The highest BCUT2D eigenvalue weighted by atomic mass is 19.1. The van der Waals surface area contributed by atoms with Crippen molar-refractivity contribution in [2.45, 2.75) is 19.0 Å². The van der Waals surface area contributed by atoms with E-state index in [2.05, 4.69) is 4.90 Å². The molecule has 1 aliphatic rings. The van der Waals surface area contributed by atoms with E-state index >= 15 is 0 Å². The van der Waals surface area contributed by atoms with Gasteiger partial charge in [-0.25, -0.2) is 8.96 Å². The molecule has 1 fully saturated rings. The van der Waals surface area contributed by atoms with E-state index in [1.807, 2.05) is 36.0 Å². The average molecular weight is 195 g/mol. The number of nitrogens with zero attached hydrogens (tertiary/aromatic N) is 2. The van der Waals surface area contributed by atoms with Crippen molar-refractivity contribution in [3.63, 3.8) is 0 Å². The van der Waals surface area contributed by atoms with Crippen LogP contribution in [0.25, 0.3) is 0 Å². The fourth-order valence-corrected chi connectivity index (χ4v) is 1.98. The molecule has 0 saturated carbocycles. The number of alkyl halides is 1. The van der Waals surface area contributed by atoms with Gasteiger partial charge in [-0.3, -0.25) is 4.90 Å². The molecule has 14 heavy (non-hydrogen) atoms. The van der Waals surface area contributed by atoms with Crippen LogP contribution in [0.1, 0.15) is 12.8 Å². The molecule has 0 radical (unpaired) electrons. The molecular weight excluding hydrogens is 179 g/mol. The number of hydrogen-bond acceptors (Lipinski definition) is 1. The molecule has 0 aliphatic carbocycles. The Bertz CT molecular complexity index is 314. The molecule has 1 aliphatic heterocycles. The number of hydrogen-bond donors (Lipinski definition) is 0. The highest BCUT2D eigenvalue weighted by Gasteiger charge is 2.26. The van der Waals surface area contributed by atoms with Gasteiger partial charge in [-0.2, -0.15) is 0 Å². The molecule has 2 nitrogen and oxygen atoms in total. The fourth-order valence-electron chi connectivity index (χ4n) is 1.98. The Hall–Kier alpha value is -1.12. The van der Waals surface area contributed by atoms with Gasteiger partial charge in [0.15, 0.2) is 0 Å². The van der Waals surface area contributed by atoms with Crippen molar-refractivity contribution in [2.24, 2.45) is 7.05 Å². The molecule has 0 unspecified atom stereocenters. The van der Waals surface area contributed by atoms with Gasteiger partial charge in [0, 0.05) is 6.07 Å². The molecule has 0 amide bonds. The molecule has 1 aromatic heterocycles. The second-order valence-electron chi connectivity index (χ2n) is 3.86. The minimum Gasteiger partial charge on any atom is -0.259 e. The number of rotatable bonds is 1. The smallest absolute Gasteiger partial charge is 0.259 e. The SMILES string of the molecule is C[n+]1ccccc1N1CCC[C@H](F)C1. The van der Waals surface area contributed by atoms with Crippen LogP contribution in [-0.4, -0.2) is 19.3 Å². The van der Waals surface area contributed by atoms with Crippen LogP contribution in [0.2, 0.25) is 0 Å². The summed E-state index contributed by atoms with van der Waals surface area (Å²) < 4.78 is 15.2. The Balaban J connectivity index is 2.18. The second kappa shape index (κ2) is 3.95. The van der Waals surface area contributed by atoms with E-state index in [0.29, 0.717) is 13.0 Å². The van der Waals surface area contributed by atoms with Crippen LogP contribution < -0.4 is 9.47 Å². The van der Waals surface area contributed by atoms with E-state index in [1.54, 1.807) is 0 Å². The Morgan fingerprint density at radius 1 is 1.50 bits per heavy atom. The summed E-state index contributed by atoms with van der Waals surface area (Å²) in [6, 6.07) is 6.02. The van der Waals surface area contributed by atoms with E-state index in [9.17, 15) is 4.39 Å². The summed E-state index contributed by atoms with van der Waals surface area (Å²) in [5.41, 5.74) is 0. The van der Waals surface area contributed by atoms with Crippen molar-refractivity contribution in [2.75, 3.05) is 18.0 Å². The van der Waals surface area contributed by atoms with Gasteiger partial charge in [0.25, 0.3) is 5.82 Å². The molecule has 2 heterocycles. The van der Waals surface area contributed by atoms with Gasteiger partial charge in [0.05, 0.1) is 19.8 Å². The summed E-state index contributed by atoms with van der Waals surface area (Å²) in [5.74, 6) is 1.11. The van der Waals surface area contributed by atoms with E-state index in [-0.39, 0.29) is 0 Å². The van der Waals surface area contributed by atoms with Crippen molar-refractivity contribution in [3.8, 4) is 0 Å². The van der Waals surface area contributed by atoms with Crippen molar-refractivity contribution in [3.05, 3.63) is 24.4 Å². The summed E-state index contributed by atoms with van der Waals surface area (Å²) in [5, 5.41) is 0. The normalized spacial score (nSPS) is 22.4. The van der Waals surface area contributed by atoms with Crippen molar-refractivity contribution < 1.29 is 8.96 Å². The van der Waals surface area contributed by atoms with E-state index in [0.717, 1.165) is 18.8 Å². The molecule has 1 aromatic rings. The lowest BCUT2D eigenvalue weighted by Crippen LogP contribution is -2.44. The standard InChI is InChI=1S/C11H16FN2/c1-13-7-3-2-6-11(13)14-8-4-5-10(12)9-14/h2-3,6-7,10H,4-5,8-9H2,1H3/q+1/t10-/m0/s1. The molecule has 0 bridgehead atoms. The first-order valence-corrected chi connectivity index (χ1v) is 5.11. The quantitative estimate of drug-likeness (QED) is 0.615. The highest BCUT2D eigenvalue weighted by Crippen LogP contribution is 2.17. The lowest BCUT2D eigenvalue weighted by molar-refractivity contribution is -0.659. The van der Waals surface area contributed by atoms with E-state index < -0.39 is 6.17 Å². The number of pyridine rings is 1. The van der Waals surface area contributed by atoms with Crippen LogP contribution >= 0.6 is 0 Å². The molecule has 0 spiro atoms. The zero-order valence-corrected chi connectivity index (χ0v) is 8.49. The van der Waals surface area contributed by atoms with Crippen LogP contribution in [0.4, 0.5) is 10.2 Å². The minimum absolute atomic E-state index is 0.540. The zero-order chi connectivity index (χ0) is 9.97. The first-order valence-electron chi connectivity index (χ1n) is 5.11. The third-order valence-corrected chi connectivity index (χ3v) is 2.72. The van der Waals surface area contributed by atoms with Gasteiger partial charge in [0.2, 0.25) is 0 Å². The number of piperidine rings is 1. The van der Waals surface area contributed by atoms with Gasteiger partial charge in [-0.15, -0.1) is 0 Å². The molecule has 1 saturated heterocycles. The van der Waals surface area contributed by atoms with Crippen LogP contribution in [0.3, 0.4) is 0 Å². The molecule has 0 aromatic carbocycles. The third-order valence-electron chi connectivity index (χ3n) is 2.72. The van der Waals surface area contributed by atoms with Crippen LogP contribution in [-0.2, 0) is 7.05 Å². The predicted octanol–water partition coefficient (Wildman–Crippen LogP) is 1.45. The second-order valence-corrected chi connectivity index (χ2v) is 3.86.